The molecule has 0 unspecified atom stereocenters. The van der Waals surface area contributed by atoms with Gasteiger partial charge in [0.25, 0.3) is 10.0 Å². The van der Waals surface area contributed by atoms with Crippen LogP contribution >= 0.6 is 11.6 Å². The number of carboxylic acids is 1. The van der Waals surface area contributed by atoms with E-state index in [0.717, 1.165) is 15.9 Å². The summed E-state index contributed by atoms with van der Waals surface area (Å²) in [6.45, 7) is 1.60. The van der Waals surface area contributed by atoms with Crippen LogP contribution in [0, 0.1) is 24.0 Å². The number of hydrogen-bond acceptors (Lipinski definition) is 5. The van der Waals surface area contributed by atoms with Crippen molar-refractivity contribution in [2.45, 2.75) is 24.3 Å². The average Bonchev–Trinajstić information content (AvgIpc) is 2.82. The molecule has 0 radical (unpaired) electrons. The summed E-state index contributed by atoms with van der Waals surface area (Å²) in [5.41, 5.74) is 0.0352. The summed E-state index contributed by atoms with van der Waals surface area (Å²) < 4.78 is 68.1. The summed E-state index contributed by atoms with van der Waals surface area (Å²) in [7, 11) is -4.13. The fraction of sp³-hybridized carbons (Fsp3) is 0.269. The van der Waals surface area contributed by atoms with Gasteiger partial charge in [-0.2, -0.15) is 0 Å². The number of halogens is 3. The Balaban J connectivity index is 1.62. The first-order chi connectivity index (χ1) is 17.5. The maximum atomic E-state index is 14.1. The average molecular weight is 550 g/mol. The zero-order valence-electron chi connectivity index (χ0n) is 19.6. The zero-order chi connectivity index (χ0) is 26.5. The van der Waals surface area contributed by atoms with Crippen LogP contribution in [0.5, 0.6) is 5.75 Å². The van der Waals surface area contributed by atoms with E-state index in [1.165, 1.54) is 30.3 Å². The topological polar surface area (TPSA) is 93.1 Å². The van der Waals surface area contributed by atoms with E-state index in [4.69, 9.17) is 21.1 Å². The molecular formula is C26H22ClF2NO6S. The Labute approximate surface area is 217 Å². The van der Waals surface area contributed by atoms with Crippen molar-refractivity contribution >= 4 is 33.3 Å². The van der Waals surface area contributed by atoms with Gasteiger partial charge in [-0.3, -0.25) is 9.10 Å². The fourth-order valence-corrected chi connectivity index (χ4v) is 6.42. The molecule has 0 spiro atoms. The summed E-state index contributed by atoms with van der Waals surface area (Å²) >= 11 is 6.10. The third kappa shape index (κ3) is 4.54. The second-order valence-electron chi connectivity index (χ2n) is 9.31. The van der Waals surface area contributed by atoms with Crippen molar-refractivity contribution in [3.8, 4) is 16.9 Å². The number of carboxylic acid groups (broad SMARTS) is 1. The van der Waals surface area contributed by atoms with Crippen LogP contribution in [0.4, 0.5) is 14.5 Å². The predicted octanol–water partition coefficient (Wildman–Crippen LogP) is 5.04. The number of sulfonamides is 1. The lowest BCUT2D eigenvalue weighted by molar-refractivity contribution is -0.184. The number of aliphatic carboxylic acids is 1. The summed E-state index contributed by atoms with van der Waals surface area (Å²) in [5, 5.41) is 9.43. The van der Waals surface area contributed by atoms with Gasteiger partial charge in [-0.15, -0.1) is 0 Å². The molecule has 0 amide bonds. The first-order valence-electron chi connectivity index (χ1n) is 11.4. The minimum absolute atomic E-state index is 0.00223. The number of anilines is 1. The minimum Gasteiger partial charge on any atom is -0.486 e. The van der Waals surface area contributed by atoms with E-state index in [1.807, 2.05) is 0 Å². The van der Waals surface area contributed by atoms with Crippen molar-refractivity contribution in [3.63, 3.8) is 0 Å². The zero-order valence-corrected chi connectivity index (χ0v) is 21.2. The summed E-state index contributed by atoms with van der Waals surface area (Å²) in [4.78, 5) is 11.9. The molecule has 2 aliphatic heterocycles. The quantitative estimate of drug-likeness (QED) is 0.433. The SMILES string of the molecule is Cc1cccc(S(=O)(=O)N2C[C@H](CC3(C(=O)O)COC3)Oc3ccc(-c4cc(F)cc(F)c4Cl)cc32)c1. The third-order valence-corrected chi connectivity index (χ3v) is 8.76. The van der Waals surface area contributed by atoms with Crippen molar-refractivity contribution in [1.29, 1.82) is 0 Å². The van der Waals surface area contributed by atoms with Crippen molar-refractivity contribution in [1.82, 2.24) is 0 Å². The van der Waals surface area contributed by atoms with Crippen molar-refractivity contribution in [2.24, 2.45) is 5.41 Å². The molecule has 1 fully saturated rings. The number of ether oxygens (including phenoxy) is 2. The predicted molar refractivity (Wildman–Crippen MR) is 132 cm³/mol. The molecule has 3 aromatic carbocycles. The maximum absolute atomic E-state index is 14.1. The highest BCUT2D eigenvalue weighted by molar-refractivity contribution is 7.92. The highest BCUT2D eigenvalue weighted by atomic mass is 35.5. The van der Waals surface area contributed by atoms with Crippen LogP contribution in [0.3, 0.4) is 0 Å². The van der Waals surface area contributed by atoms with E-state index in [2.05, 4.69) is 0 Å². The lowest BCUT2D eigenvalue weighted by atomic mass is 9.80. The van der Waals surface area contributed by atoms with Gasteiger partial charge in [0, 0.05) is 18.1 Å². The normalized spacial score (nSPS) is 18.5. The van der Waals surface area contributed by atoms with E-state index in [-0.39, 0.29) is 58.7 Å². The monoisotopic (exact) mass is 549 g/mol. The molecule has 1 N–H and O–H groups in total. The Morgan fingerprint density at radius 1 is 1.16 bits per heavy atom. The standard InChI is InChI=1S/C26H22ClF2NO6S/c1-15-3-2-4-19(7-15)37(33,34)30-12-18(11-26(25(31)32)13-35-14-26)36-23-6-5-16(8-22(23)30)20-9-17(28)10-21(29)24(20)27/h2-10,18H,11-14H2,1H3,(H,31,32)/t18-/m0/s1. The van der Waals surface area contributed by atoms with Gasteiger partial charge >= 0.3 is 5.97 Å². The summed E-state index contributed by atoms with van der Waals surface area (Å²) in [6, 6.07) is 12.5. The Kier molecular flexibility index (Phi) is 6.37. The largest absolute Gasteiger partial charge is 0.486 e. The Morgan fingerprint density at radius 2 is 1.92 bits per heavy atom. The molecule has 0 aliphatic carbocycles. The van der Waals surface area contributed by atoms with Gasteiger partial charge in [0.05, 0.1) is 35.4 Å². The van der Waals surface area contributed by atoms with Gasteiger partial charge in [-0.1, -0.05) is 29.8 Å². The highest BCUT2D eigenvalue weighted by Crippen LogP contribution is 2.44. The van der Waals surface area contributed by atoms with Crippen LogP contribution in [-0.2, 0) is 19.6 Å². The van der Waals surface area contributed by atoms with Crippen molar-refractivity contribution < 1.29 is 36.6 Å². The Hall–Kier alpha value is -3.21. The molecule has 3 aromatic rings. The first-order valence-corrected chi connectivity index (χ1v) is 13.2. The van der Waals surface area contributed by atoms with Crippen molar-refractivity contribution in [3.05, 3.63) is 76.8 Å². The van der Waals surface area contributed by atoms with Gasteiger partial charge in [0.15, 0.2) is 0 Å². The van der Waals surface area contributed by atoms with Crippen LogP contribution in [0.25, 0.3) is 11.1 Å². The summed E-state index contributed by atoms with van der Waals surface area (Å²) in [5.74, 6) is -2.64. The van der Waals surface area contributed by atoms with E-state index in [9.17, 15) is 27.1 Å². The first kappa shape index (κ1) is 25.4. The maximum Gasteiger partial charge on any atom is 0.314 e. The molecule has 2 heterocycles. The number of aryl methyl sites for hydroxylation is 1. The van der Waals surface area contributed by atoms with Crippen LogP contribution < -0.4 is 9.04 Å². The number of benzene rings is 3. The molecule has 0 aromatic heterocycles. The molecule has 0 bridgehead atoms. The smallest absolute Gasteiger partial charge is 0.314 e. The van der Waals surface area contributed by atoms with Gasteiger partial charge in [0.1, 0.15) is 28.9 Å². The van der Waals surface area contributed by atoms with E-state index < -0.39 is 39.1 Å². The molecular weight excluding hydrogens is 528 g/mol. The van der Waals surface area contributed by atoms with Gasteiger partial charge in [-0.05, 0) is 48.4 Å². The number of nitrogens with zero attached hydrogens (tertiary/aromatic N) is 1. The van der Waals surface area contributed by atoms with Crippen LogP contribution in [0.1, 0.15) is 12.0 Å². The number of hydrogen-bond donors (Lipinski definition) is 1. The number of rotatable bonds is 6. The number of carbonyl (C=O) groups is 1. The van der Waals surface area contributed by atoms with Crippen LogP contribution in [0.15, 0.2) is 59.5 Å². The lowest BCUT2D eigenvalue weighted by Gasteiger charge is -2.42. The van der Waals surface area contributed by atoms with Crippen LogP contribution in [-0.4, -0.2) is 45.4 Å². The molecule has 194 valence electrons. The molecule has 2 aliphatic rings. The Bertz CT molecular complexity index is 1510. The Morgan fingerprint density at radius 3 is 2.57 bits per heavy atom. The summed E-state index contributed by atoms with van der Waals surface area (Å²) in [6.07, 6.45) is -0.752. The molecule has 5 rings (SSSR count). The van der Waals surface area contributed by atoms with Crippen LogP contribution in [0.2, 0.25) is 5.02 Å². The number of fused-ring (bicyclic) bond motifs is 1. The van der Waals surface area contributed by atoms with E-state index in [1.54, 1.807) is 19.1 Å². The molecule has 7 nitrogen and oxygen atoms in total. The van der Waals surface area contributed by atoms with Gasteiger partial charge in [-0.25, -0.2) is 17.2 Å². The van der Waals surface area contributed by atoms with Gasteiger partial charge in [0.2, 0.25) is 0 Å². The van der Waals surface area contributed by atoms with E-state index >= 15 is 0 Å². The second kappa shape index (κ2) is 9.27. The fourth-order valence-electron chi connectivity index (χ4n) is 4.60. The van der Waals surface area contributed by atoms with Gasteiger partial charge < -0.3 is 14.6 Å². The minimum atomic E-state index is -4.13. The molecule has 1 atom stereocenters. The molecule has 0 saturated carbocycles. The molecule has 11 heteroatoms. The van der Waals surface area contributed by atoms with E-state index in [0.29, 0.717) is 6.07 Å². The van der Waals surface area contributed by atoms with Crippen molar-refractivity contribution in [2.75, 3.05) is 24.1 Å². The molecule has 1 saturated heterocycles. The highest BCUT2D eigenvalue weighted by Gasteiger charge is 2.49. The third-order valence-electron chi connectivity index (χ3n) is 6.60. The lowest BCUT2D eigenvalue weighted by Crippen LogP contribution is -2.54. The molecule has 37 heavy (non-hydrogen) atoms. The second-order valence-corrected chi connectivity index (χ2v) is 11.5.